The first-order chi connectivity index (χ1) is 8.75. The molecule has 0 spiro atoms. The predicted molar refractivity (Wildman–Crippen MR) is 67.5 cm³/mol. The largest absolute Gasteiger partial charge is 0.492 e. The van der Waals surface area contributed by atoms with Crippen molar-refractivity contribution in [2.24, 2.45) is 7.05 Å². The first-order valence-electron chi connectivity index (χ1n) is 5.70. The highest BCUT2D eigenvalue weighted by Crippen LogP contribution is 2.07. The molecule has 0 saturated carbocycles. The summed E-state index contributed by atoms with van der Waals surface area (Å²) < 4.78 is 7.05. The van der Waals surface area contributed by atoms with Gasteiger partial charge in [0, 0.05) is 13.2 Å². The number of nitrogens with zero attached hydrogens (tertiary/aromatic N) is 2. The van der Waals surface area contributed by atoms with Gasteiger partial charge >= 0.3 is 0 Å². The van der Waals surface area contributed by atoms with Crippen molar-refractivity contribution in [3.8, 4) is 5.75 Å². The van der Waals surface area contributed by atoms with E-state index in [9.17, 15) is 4.79 Å². The summed E-state index contributed by atoms with van der Waals surface area (Å²) in [5.41, 5.74) is 0.553. The molecule has 0 radical (unpaired) electrons. The molecule has 2 rings (SSSR count). The monoisotopic (exact) mass is 245 g/mol. The number of para-hydroxylation sites is 1. The van der Waals surface area contributed by atoms with Crippen molar-refractivity contribution in [3.05, 3.63) is 48.3 Å². The second kappa shape index (κ2) is 5.86. The van der Waals surface area contributed by atoms with E-state index in [0.717, 1.165) is 5.75 Å². The molecule has 1 aromatic carbocycles. The van der Waals surface area contributed by atoms with Crippen LogP contribution in [0.25, 0.3) is 0 Å². The summed E-state index contributed by atoms with van der Waals surface area (Å²) in [4.78, 5) is 11.6. The van der Waals surface area contributed by atoms with Gasteiger partial charge in [-0.3, -0.25) is 9.48 Å². The number of amides is 1. The van der Waals surface area contributed by atoms with Gasteiger partial charge in [-0.1, -0.05) is 18.2 Å². The van der Waals surface area contributed by atoms with Crippen molar-refractivity contribution in [1.82, 2.24) is 15.1 Å². The number of aromatic nitrogens is 2. The van der Waals surface area contributed by atoms with E-state index >= 15 is 0 Å². The number of rotatable bonds is 5. The zero-order valence-corrected chi connectivity index (χ0v) is 10.2. The van der Waals surface area contributed by atoms with E-state index in [-0.39, 0.29) is 5.91 Å². The zero-order valence-electron chi connectivity index (χ0n) is 10.2. The van der Waals surface area contributed by atoms with Crippen LogP contribution in [0.2, 0.25) is 0 Å². The average Bonchev–Trinajstić information content (AvgIpc) is 2.82. The summed E-state index contributed by atoms with van der Waals surface area (Å²) in [6.07, 6.45) is 3.21. The van der Waals surface area contributed by atoms with Crippen LogP contribution in [0, 0.1) is 0 Å². The third kappa shape index (κ3) is 3.35. The molecular formula is C13H15N3O2. The first kappa shape index (κ1) is 12.2. The molecule has 18 heavy (non-hydrogen) atoms. The average molecular weight is 245 g/mol. The number of hydrogen-bond donors (Lipinski definition) is 1. The maximum atomic E-state index is 11.6. The zero-order chi connectivity index (χ0) is 12.8. The van der Waals surface area contributed by atoms with Crippen molar-refractivity contribution in [2.45, 2.75) is 0 Å². The molecule has 0 saturated heterocycles. The van der Waals surface area contributed by atoms with Crippen LogP contribution < -0.4 is 10.1 Å². The SMILES string of the molecule is Cn1cc(C(=O)NCCOc2ccccc2)cn1. The van der Waals surface area contributed by atoms with Gasteiger partial charge in [0.1, 0.15) is 12.4 Å². The number of benzene rings is 1. The van der Waals surface area contributed by atoms with Crippen molar-refractivity contribution >= 4 is 5.91 Å². The number of carbonyl (C=O) groups excluding carboxylic acids is 1. The predicted octanol–water partition coefficient (Wildman–Crippen LogP) is 1.23. The summed E-state index contributed by atoms with van der Waals surface area (Å²) in [5, 5.41) is 6.70. The molecule has 1 amide bonds. The number of hydrogen-bond acceptors (Lipinski definition) is 3. The Bertz CT molecular complexity index is 508. The first-order valence-corrected chi connectivity index (χ1v) is 5.70. The summed E-state index contributed by atoms with van der Waals surface area (Å²) in [6, 6.07) is 9.50. The fraction of sp³-hybridized carbons (Fsp3) is 0.231. The Morgan fingerprint density at radius 1 is 1.39 bits per heavy atom. The van der Waals surface area contributed by atoms with Crippen LogP contribution in [0.15, 0.2) is 42.7 Å². The van der Waals surface area contributed by atoms with E-state index in [1.165, 1.54) is 6.20 Å². The molecule has 1 aromatic heterocycles. The van der Waals surface area contributed by atoms with Gasteiger partial charge in [0.25, 0.3) is 5.91 Å². The van der Waals surface area contributed by atoms with Crippen molar-refractivity contribution in [2.75, 3.05) is 13.2 Å². The molecule has 5 heteroatoms. The number of nitrogens with one attached hydrogen (secondary N) is 1. The standard InChI is InChI=1S/C13H15N3O2/c1-16-10-11(9-15-16)13(17)14-7-8-18-12-5-3-2-4-6-12/h2-6,9-10H,7-8H2,1H3,(H,14,17). The van der Waals surface area contributed by atoms with Gasteiger partial charge in [0.05, 0.1) is 18.3 Å². The summed E-state index contributed by atoms with van der Waals surface area (Å²) in [6.45, 7) is 0.901. The molecule has 0 aliphatic rings. The van der Waals surface area contributed by atoms with Gasteiger partial charge in [0.2, 0.25) is 0 Å². The smallest absolute Gasteiger partial charge is 0.254 e. The van der Waals surface area contributed by atoms with Crippen molar-refractivity contribution < 1.29 is 9.53 Å². The quantitative estimate of drug-likeness (QED) is 0.806. The third-order valence-electron chi connectivity index (χ3n) is 2.37. The lowest BCUT2D eigenvalue weighted by Gasteiger charge is -2.06. The molecular weight excluding hydrogens is 230 g/mol. The summed E-state index contributed by atoms with van der Waals surface area (Å²) >= 11 is 0. The minimum Gasteiger partial charge on any atom is -0.492 e. The van der Waals surface area contributed by atoms with Crippen LogP contribution >= 0.6 is 0 Å². The van der Waals surface area contributed by atoms with Crippen molar-refractivity contribution in [3.63, 3.8) is 0 Å². The van der Waals surface area contributed by atoms with Crippen molar-refractivity contribution in [1.29, 1.82) is 0 Å². The highest BCUT2D eigenvalue weighted by molar-refractivity contribution is 5.93. The van der Waals surface area contributed by atoms with Gasteiger partial charge in [-0.05, 0) is 12.1 Å². The van der Waals surface area contributed by atoms with Gasteiger partial charge in [0.15, 0.2) is 0 Å². The Hall–Kier alpha value is -2.30. The minimum absolute atomic E-state index is 0.139. The van der Waals surface area contributed by atoms with Crippen LogP contribution in [0.3, 0.4) is 0 Å². The normalized spacial score (nSPS) is 10.1. The fourth-order valence-corrected chi connectivity index (χ4v) is 1.49. The van der Waals surface area contributed by atoms with Crippen LogP contribution in [0.5, 0.6) is 5.75 Å². The minimum atomic E-state index is -0.139. The Morgan fingerprint density at radius 3 is 2.83 bits per heavy atom. The maximum absolute atomic E-state index is 11.6. The Balaban J connectivity index is 1.71. The fourth-order valence-electron chi connectivity index (χ4n) is 1.49. The van der Waals surface area contributed by atoms with E-state index < -0.39 is 0 Å². The van der Waals surface area contributed by atoms with Crippen LogP contribution in [-0.2, 0) is 7.05 Å². The number of ether oxygens (including phenoxy) is 1. The molecule has 5 nitrogen and oxygen atoms in total. The topological polar surface area (TPSA) is 56.2 Å². The molecule has 0 atom stereocenters. The molecule has 1 N–H and O–H groups in total. The molecule has 0 bridgehead atoms. The van der Waals surface area contributed by atoms with E-state index in [1.807, 2.05) is 30.3 Å². The van der Waals surface area contributed by atoms with E-state index in [4.69, 9.17) is 4.74 Å². The molecule has 0 aliphatic heterocycles. The molecule has 1 heterocycles. The number of aryl methyl sites for hydroxylation is 1. The molecule has 0 fully saturated rings. The van der Waals surface area contributed by atoms with E-state index in [2.05, 4.69) is 10.4 Å². The highest BCUT2D eigenvalue weighted by Gasteiger charge is 2.06. The second-order valence-electron chi connectivity index (χ2n) is 3.82. The van der Waals surface area contributed by atoms with Gasteiger partial charge < -0.3 is 10.1 Å². The van der Waals surface area contributed by atoms with Crippen LogP contribution in [0.1, 0.15) is 10.4 Å². The Labute approximate surface area is 105 Å². The lowest BCUT2D eigenvalue weighted by Crippen LogP contribution is -2.27. The van der Waals surface area contributed by atoms with E-state index in [0.29, 0.717) is 18.7 Å². The van der Waals surface area contributed by atoms with E-state index in [1.54, 1.807) is 17.9 Å². The number of carbonyl (C=O) groups is 1. The third-order valence-corrected chi connectivity index (χ3v) is 2.37. The maximum Gasteiger partial charge on any atom is 0.254 e. The van der Waals surface area contributed by atoms with Gasteiger partial charge in [-0.25, -0.2) is 0 Å². The summed E-state index contributed by atoms with van der Waals surface area (Å²) in [5.74, 6) is 0.660. The molecule has 0 unspecified atom stereocenters. The van der Waals surface area contributed by atoms with Crippen LogP contribution in [-0.4, -0.2) is 28.8 Å². The highest BCUT2D eigenvalue weighted by atomic mass is 16.5. The van der Waals surface area contributed by atoms with Gasteiger partial charge in [-0.15, -0.1) is 0 Å². The lowest BCUT2D eigenvalue weighted by molar-refractivity contribution is 0.0947. The Kier molecular flexibility index (Phi) is 3.96. The Morgan fingerprint density at radius 2 is 2.17 bits per heavy atom. The lowest BCUT2D eigenvalue weighted by atomic mass is 10.3. The van der Waals surface area contributed by atoms with Crippen LogP contribution in [0.4, 0.5) is 0 Å². The summed E-state index contributed by atoms with van der Waals surface area (Å²) in [7, 11) is 1.77. The second-order valence-corrected chi connectivity index (χ2v) is 3.82. The molecule has 2 aromatic rings. The van der Waals surface area contributed by atoms with Gasteiger partial charge in [-0.2, -0.15) is 5.10 Å². The molecule has 0 aliphatic carbocycles. The molecule has 94 valence electrons.